The van der Waals surface area contributed by atoms with Gasteiger partial charge in [-0.05, 0) is 32.6 Å². The third kappa shape index (κ3) is 4.09. The summed E-state index contributed by atoms with van der Waals surface area (Å²) in [6, 6.07) is -0.367. The Morgan fingerprint density at radius 1 is 1.37 bits per heavy atom. The molecule has 2 atom stereocenters. The van der Waals surface area contributed by atoms with Crippen LogP contribution in [0, 0.1) is 0 Å². The van der Waals surface area contributed by atoms with Crippen LogP contribution >= 0.6 is 0 Å². The minimum Gasteiger partial charge on any atom is -0.480 e. The average Bonchev–Trinajstić information content (AvgIpc) is 2.35. The minimum atomic E-state index is -1.18. The van der Waals surface area contributed by atoms with Crippen molar-refractivity contribution in [2.24, 2.45) is 0 Å². The van der Waals surface area contributed by atoms with Crippen LogP contribution in [-0.2, 0) is 9.53 Å². The van der Waals surface area contributed by atoms with Crippen LogP contribution in [0.3, 0.4) is 0 Å². The maximum atomic E-state index is 11.9. The molecule has 0 saturated carbocycles. The maximum Gasteiger partial charge on any atom is 0.329 e. The SMILES string of the molecule is CCC(CC)(NC(=O)NC1CCOC(C)C1)C(=O)O. The second-order valence-electron chi connectivity index (χ2n) is 5.10. The fraction of sp³-hybridized carbons (Fsp3) is 0.846. The van der Waals surface area contributed by atoms with Crippen molar-refractivity contribution in [3.8, 4) is 0 Å². The normalized spacial score (nSPS) is 23.7. The van der Waals surface area contributed by atoms with E-state index in [1.165, 1.54) is 0 Å². The average molecular weight is 272 g/mol. The van der Waals surface area contributed by atoms with Gasteiger partial charge in [0.25, 0.3) is 0 Å². The van der Waals surface area contributed by atoms with Gasteiger partial charge in [0.15, 0.2) is 0 Å². The predicted molar refractivity (Wildman–Crippen MR) is 71.1 cm³/mol. The zero-order valence-electron chi connectivity index (χ0n) is 11.9. The molecule has 0 spiro atoms. The maximum absolute atomic E-state index is 11.9. The third-order valence-corrected chi connectivity index (χ3v) is 3.79. The van der Waals surface area contributed by atoms with E-state index >= 15 is 0 Å². The van der Waals surface area contributed by atoms with Crippen molar-refractivity contribution in [2.45, 2.75) is 64.1 Å². The number of carboxylic acids is 1. The van der Waals surface area contributed by atoms with Crippen molar-refractivity contribution in [2.75, 3.05) is 6.61 Å². The molecule has 6 nitrogen and oxygen atoms in total. The molecule has 1 heterocycles. The van der Waals surface area contributed by atoms with Gasteiger partial charge in [0.2, 0.25) is 0 Å². The molecule has 0 aromatic heterocycles. The largest absolute Gasteiger partial charge is 0.480 e. The van der Waals surface area contributed by atoms with E-state index < -0.39 is 17.5 Å². The Hall–Kier alpha value is -1.30. The van der Waals surface area contributed by atoms with Gasteiger partial charge in [-0.25, -0.2) is 9.59 Å². The van der Waals surface area contributed by atoms with Gasteiger partial charge in [-0.15, -0.1) is 0 Å². The van der Waals surface area contributed by atoms with Crippen LogP contribution in [0.2, 0.25) is 0 Å². The Balaban J connectivity index is 2.55. The first kappa shape index (κ1) is 15.8. The summed E-state index contributed by atoms with van der Waals surface area (Å²) in [7, 11) is 0. The summed E-state index contributed by atoms with van der Waals surface area (Å²) in [6.45, 7) is 6.10. The van der Waals surface area contributed by atoms with Gasteiger partial charge in [0.05, 0.1) is 6.10 Å². The summed E-state index contributed by atoms with van der Waals surface area (Å²) in [5.74, 6) is -0.993. The van der Waals surface area contributed by atoms with Crippen molar-refractivity contribution in [3.63, 3.8) is 0 Å². The molecule has 2 amide bonds. The number of hydrogen-bond donors (Lipinski definition) is 3. The summed E-state index contributed by atoms with van der Waals surface area (Å²) in [5.41, 5.74) is -1.18. The highest BCUT2D eigenvalue weighted by molar-refractivity contribution is 5.86. The van der Waals surface area contributed by atoms with Crippen molar-refractivity contribution in [1.29, 1.82) is 0 Å². The number of carboxylic acid groups (broad SMARTS) is 1. The number of hydrogen-bond acceptors (Lipinski definition) is 3. The highest BCUT2D eigenvalue weighted by Gasteiger charge is 2.36. The topological polar surface area (TPSA) is 87.7 Å². The van der Waals surface area contributed by atoms with Gasteiger partial charge < -0.3 is 20.5 Å². The quantitative estimate of drug-likeness (QED) is 0.707. The number of nitrogens with one attached hydrogen (secondary N) is 2. The molecule has 0 bridgehead atoms. The van der Waals surface area contributed by atoms with Crippen molar-refractivity contribution in [3.05, 3.63) is 0 Å². The van der Waals surface area contributed by atoms with Gasteiger partial charge in [0, 0.05) is 12.6 Å². The number of rotatable bonds is 5. The van der Waals surface area contributed by atoms with E-state index in [1.54, 1.807) is 13.8 Å². The second kappa shape index (κ2) is 6.75. The fourth-order valence-corrected chi connectivity index (χ4v) is 2.35. The molecule has 1 fully saturated rings. The lowest BCUT2D eigenvalue weighted by Crippen LogP contribution is -2.58. The van der Waals surface area contributed by atoms with E-state index in [1.807, 2.05) is 6.92 Å². The van der Waals surface area contributed by atoms with Gasteiger partial charge >= 0.3 is 12.0 Å². The second-order valence-corrected chi connectivity index (χ2v) is 5.10. The van der Waals surface area contributed by atoms with Crippen LogP contribution < -0.4 is 10.6 Å². The van der Waals surface area contributed by atoms with Crippen molar-refractivity contribution < 1.29 is 19.4 Å². The molecule has 19 heavy (non-hydrogen) atoms. The molecule has 1 aliphatic heterocycles. The highest BCUT2D eigenvalue weighted by Crippen LogP contribution is 2.16. The molecule has 1 aliphatic rings. The molecule has 1 saturated heterocycles. The zero-order valence-corrected chi connectivity index (χ0v) is 11.9. The van der Waals surface area contributed by atoms with Gasteiger partial charge in [-0.1, -0.05) is 13.8 Å². The van der Waals surface area contributed by atoms with Gasteiger partial charge in [-0.3, -0.25) is 0 Å². The van der Waals surface area contributed by atoms with E-state index in [4.69, 9.17) is 4.74 Å². The number of ether oxygens (including phenoxy) is 1. The van der Waals surface area contributed by atoms with Gasteiger partial charge in [0.1, 0.15) is 5.54 Å². The summed E-state index contributed by atoms with van der Waals surface area (Å²) < 4.78 is 5.41. The molecule has 0 aromatic carbocycles. The molecule has 3 N–H and O–H groups in total. The van der Waals surface area contributed by atoms with Crippen molar-refractivity contribution in [1.82, 2.24) is 10.6 Å². The Labute approximate surface area is 113 Å². The van der Waals surface area contributed by atoms with Crippen LogP contribution in [-0.4, -0.2) is 41.4 Å². The van der Waals surface area contributed by atoms with Crippen LogP contribution in [0.25, 0.3) is 0 Å². The molecule has 2 unspecified atom stereocenters. The molecule has 0 aliphatic carbocycles. The lowest BCUT2D eigenvalue weighted by molar-refractivity contribution is -0.144. The van der Waals surface area contributed by atoms with E-state index in [2.05, 4.69) is 10.6 Å². The first-order chi connectivity index (χ1) is 8.93. The molecule has 6 heteroatoms. The third-order valence-electron chi connectivity index (χ3n) is 3.79. The first-order valence-corrected chi connectivity index (χ1v) is 6.87. The molecule has 0 aromatic rings. The summed E-state index contributed by atoms with van der Waals surface area (Å²) in [4.78, 5) is 23.2. The monoisotopic (exact) mass is 272 g/mol. The summed E-state index contributed by atoms with van der Waals surface area (Å²) >= 11 is 0. The number of carbonyl (C=O) groups is 2. The van der Waals surface area contributed by atoms with Crippen LogP contribution in [0.1, 0.15) is 46.5 Å². The standard InChI is InChI=1S/C13H24N2O4/c1-4-13(5-2,11(16)17)15-12(18)14-10-6-7-19-9(3)8-10/h9-10H,4-8H2,1-3H3,(H,16,17)(H2,14,15,18). The lowest BCUT2D eigenvalue weighted by Gasteiger charge is -2.31. The van der Waals surface area contributed by atoms with Gasteiger partial charge in [-0.2, -0.15) is 0 Å². The first-order valence-electron chi connectivity index (χ1n) is 6.87. The van der Waals surface area contributed by atoms with E-state index in [9.17, 15) is 14.7 Å². The number of urea groups is 1. The van der Waals surface area contributed by atoms with E-state index in [0.29, 0.717) is 19.4 Å². The molecule has 1 rings (SSSR count). The number of carbonyl (C=O) groups excluding carboxylic acids is 1. The smallest absolute Gasteiger partial charge is 0.329 e. The number of aliphatic carboxylic acids is 1. The Kier molecular flexibility index (Phi) is 5.60. The Morgan fingerprint density at radius 2 is 2.00 bits per heavy atom. The molecular formula is C13H24N2O4. The van der Waals surface area contributed by atoms with Crippen molar-refractivity contribution >= 4 is 12.0 Å². The van der Waals surface area contributed by atoms with Crippen LogP contribution in [0.4, 0.5) is 4.79 Å². The lowest BCUT2D eigenvalue weighted by atomic mass is 9.93. The predicted octanol–water partition coefficient (Wildman–Crippen LogP) is 1.50. The summed E-state index contributed by atoms with van der Waals surface area (Å²) in [5, 5.41) is 14.7. The summed E-state index contributed by atoms with van der Waals surface area (Å²) in [6.07, 6.45) is 2.36. The Bertz CT molecular complexity index is 329. The van der Waals surface area contributed by atoms with E-state index in [0.717, 1.165) is 12.8 Å². The number of amides is 2. The minimum absolute atomic E-state index is 0.0453. The molecule has 110 valence electrons. The highest BCUT2D eigenvalue weighted by atomic mass is 16.5. The zero-order chi connectivity index (χ0) is 14.5. The molecule has 0 radical (unpaired) electrons. The van der Waals surface area contributed by atoms with E-state index in [-0.39, 0.29) is 12.1 Å². The Morgan fingerprint density at radius 3 is 2.47 bits per heavy atom. The van der Waals surface area contributed by atoms with Crippen LogP contribution in [0.15, 0.2) is 0 Å². The fourth-order valence-electron chi connectivity index (χ4n) is 2.35. The molecular weight excluding hydrogens is 248 g/mol. The van der Waals surface area contributed by atoms with Crippen LogP contribution in [0.5, 0.6) is 0 Å².